The Labute approximate surface area is 89.1 Å². The van der Waals surface area contributed by atoms with Crippen LogP contribution in [0.4, 0.5) is 0 Å². The zero-order valence-corrected chi connectivity index (χ0v) is 9.50. The van der Waals surface area contributed by atoms with Crippen LogP contribution in [0.2, 0.25) is 0 Å². The van der Waals surface area contributed by atoms with E-state index < -0.39 is 0 Å². The molecule has 1 aliphatic rings. The summed E-state index contributed by atoms with van der Waals surface area (Å²) in [5.41, 5.74) is 5.99. The Kier molecular flexibility index (Phi) is 2.83. The summed E-state index contributed by atoms with van der Waals surface area (Å²) in [4.78, 5) is 1.26. The molecule has 2 N–H and O–H groups in total. The summed E-state index contributed by atoms with van der Waals surface area (Å²) in [6, 6.07) is 0.393. The van der Waals surface area contributed by atoms with Crippen LogP contribution in [0, 0.1) is 5.92 Å². The van der Waals surface area contributed by atoms with Crippen molar-refractivity contribution in [1.82, 2.24) is 9.78 Å². The van der Waals surface area contributed by atoms with Gasteiger partial charge in [0.2, 0.25) is 0 Å². The summed E-state index contributed by atoms with van der Waals surface area (Å²) in [5, 5.41) is 4.84. The lowest BCUT2D eigenvalue weighted by molar-refractivity contribution is 0.535. The first kappa shape index (κ1) is 10.1. The molecule has 3 nitrogen and oxygen atoms in total. The highest BCUT2D eigenvalue weighted by Gasteiger charge is 2.30. The minimum Gasteiger partial charge on any atom is -0.327 e. The van der Waals surface area contributed by atoms with Gasteiger partial charge in [-0.05, 0) is 18.8 Å². The van der Waals surface area contributed by atoms with E-state index in [1.54, 1.807) is 0 Å². The fourth-order valence-electron chi connectivity index (χ4n) is 1.96. The highest BCUT2D eigenvalue weighted by atomic mass is 32.2. The van der Waals surface area contributed by atoms with Crippen LogP contribution in [0.15, 0.2) is 17.3 Å². The van der Waals surface area contributed by atoms with Crippen molar-refractivity contribution in [3.63, 3.8) is 0 Å². The third-order valence-electron chi connectivity index (χ3n) is 3.01. The first-order valence-corrected chi connectivity index (χ1v) is 5.95. The van der Waals surface area contributed by atoms with Crippen molar-refractivity contribution < 1.29 is 0 Å². The molecule has 0 aliphatic heterocycles. The van der Waals surface area contributed by atoms with Gasteiger partial charge < -0.3 is 5.73 Å². The number of thioether (sulfide) groups is 1. The second-order valence-electron chi connectivity index (χ2n) is 4.11. The van der Waals surface area contributed by atoms with Gasteiger partial charge >= 0.3 is 0 Å². The molecule has 1 saturated carbocycles. The summed E-state index contributed by atoms with van der Waals surface area (Å²) < 4.78 is 1.85. The number of aromatic nitrogens is 2. The Morgan fingerprint density at radius 2 is 2.36 bits per heavy atom. The van der Waals surface area contributed by atoms with E-state index in [1.807, 2.05) is 29.7 Å². The summed E-state index contributed by atoms with van der Waals surface area (Å²) in [6.07, 6.45) is 6.41. The monoisotopic (exact) mass is 211 g/mol. The average molecular weight is 211 g/mol. The number of aryl methyl sites for hydroxylation is 1. The first-order valence-electron chi connectivity index (χ1n) is 5.07. The molecule has 1 aromatic rings. The smallest absolute Gasteiger partial charge is 0.0625 e. The Bertz CT molecular complexity index is 310. The van der Waals surface area contributed by atoms with Crippen LogP contribution in [0.1, 0.15) is 19.8 Å². The fraction of sp³-hybridized carbons (Fsp3) is 0.700. The van der Waals surface area contributed by atoms with E-state index in [-0.39, 0.29) is 0 Å². The van der Waals surface area contributed by atoms with Crippen molar-refractivity contribution >= 4 is 11.8 Å². The van der Waals surface area contributed by atoms with E-state index >= 15 is 0 Å². The van der Waals surface area contributed by atoms with Crippen LogP contribution >= 0.6 is 11.8 Å². The van der Waals surface area contributed by atoms with E-state index in [9.17, 15) is 0 Å². The Morgan fingerprint density at radius 3 is 2.86 bits per heavy atom. The molecular formula is C10H17N3S. The molecule has 4 heteroatoms. The zero-order chi connectivity index (χ0) is 10.1. The Hall–Kier alpha value is -0.480. The minimum atomic E-state index is 0.393. The average Bonchev–Trinajstić information content (AvgIpc) is 2.67. The molecule has 0 aromatic carbocycles. The molecule has 0 saturated heterocycles. The lowest BCUT2D eigenvalue weighted by Gasteiger charge is -2.16. The van der Waals surface area contributed by atoms with Crippen LogP contribution in [-0.2, 0) is 7.05 Å². The molecule has 0 amide bonds. The predicted molar refractivity (Wildman–Crippen MR) is 59.2 cm³/mol. The standard InChI is InChI=1S/C10H17N3S/c1-7-9(11)3-4-10(7)14-8-5-12-13(2)6-8/h5-7,9-10H,3-4,11H2,1-2H3. The maximum atomic E-state index is 5.99. The van der Waals surface area contributed by atoms with Crippen LogP contribution in [-0.4, -0.2) is 21.1 Å². The Morgan fingerprint density at radius 1 is 1.57 bits per heavy atom. The highest BCUT2D eigenvalue weighted by Crippen LogP contribution is 2.37. The maximum absolute atomic E-state index is 5.99. The number of rotatable bonds is 2. The predicted octanol–water partition coefficient (Wildman–Crippen LogP) is 1.64. The normalized spacial score (nSPS) is 32.4. The van der Waals surface area contributed by atoms with Gasteiger partial charge in [-0.2, -0.15) is 5.10 Å². The number of nitrogens with two attached hydrogens (primary N) is 1. The molecule has 0 bridgehead atoms. The van der Waals surface area contributed by atoms with Crippen molar-refractivity contribution in [2.75, 3.05) is 0 Å². The van der Waals surface area contributed by atoms with Crippen LogP contribution in [0.3, 0.4) is 0 Å². The van der Waals surface area contributed by atoms with Gasteiger partial charge in [0.15, 0.2) is 0 Å². The SMILES string of the molecule is CC1C(N)CCC1Sc1cnn(C)c1. The molecule has 14 heavy (non-hydrogen) atoms. The van der Waals surface area contributed by atoms with Crippen molar-refractivity contribution in [3.8, 4) is 0 Å². The molecule has 0 radical (unpaired) electrons. The van der Waals surface area contributed by atoms with Crippen molar-refractivity contribution in [2.45, 2.75) is 36.0 Å². The summed E-state index contributed by atoms with van der Waals surface area (Å²) in [7, 11) is 1.95. The number of hydrogen-bond donors (Lipinski definition) is 1. The van der Waals surface area contributed by atoms with Crippen molar-refractivity contribution in [1.29, 1.82) is 0 Å². The zero-order valence-electron chi connectivity index (χ0n) is 8.68. The molecule has 2 rings (SSSR count). The largest absolute Gasteiger partial charge is 0.327 e. The van der Waals surface area contributed by atoms with E-state index in [0.717, 1.165) is 0 Å². The Balaban J connectivity index is 1.98. The number of hydrogen-bond acceptors (Lipinski definition) is 3. The van der Waals surface area contributed by atoms with Gasteiger partial charge in [0.1, 0.15) is 0 Å². The van der Waals surface area contributed by atoms with E-state index in [0.29, 0.717) is 17.2 Å². The van der Waals surface area contributed by atoms with Gasteiger partial charge in [0.25, 0.3) is 0 Å². The van der Waals surface area contributed by atoms with Gasteiger partial charge in [-0.15, -0.1) is 11.8 Å². The van der Waals surface area contributed by atoms with Crippen LogP contribution in [0.25, 0.3) is 0 Å². The minimum absolute atomic E-state index is 0.393. The molecule has 1 heterocycles. The van der Waals surface area contributed by atoms with Crippen molar-refractivity contribution in [2.24, 2.45) is 18.7 Å². The van der Waals surface area contributed by atoms with Gasteiger partial charge in [-0.1, -0.05) is 6.92 Å². The lowest BCUT2D eigenvalue weighted by atomic mass is 10.1. The third kappa shape index (κ3) is 1.96. The second kappa shape index (κ2) is 3.95. The fourth-order valence-corrected chi connectivity index (χ4v) is 3.30. The topological polar surface area (TPSA) is 43.8 Å². The molecule has 1 aromatic heterocycles. The summed E-state index contributed by atoms with van der Waals surface area (Å²) in [6.45, 7) is 2.26. The van der Waals surface area contributed by atoms with Gasteiger partial charge in [-0.25, -0.2) is 0 Å². The van der Waals surface area contributed by atoms with E-state index in [1.165, 1.54) is 17.7 Å². The molecule has 0 spiro atoms. The maximum Gasteiger partial charge on any atom is 0.0625 e. The van der Waals surface area contributed by atoms with Gasteiger partial charge in [-0.3, -0.25) is 4.68 Å². The second-order valence-corrected chi connectivity index (χ2v) is 5.42. The molecule has 1 aliphatic carbocycles. The summed E-state index contributed by atoms with van der Waals surface area (Å²) in [5.74, 6) is 0.625. The molecule has 3 atom stereocenters. The van der Waals surface area contributed by atoms with E-state index in [4.69, 9.17) is 5.73 Å². The molecular weight excluding hydrogens is 194 g/mol. The number of nitrogens with zero attached hydrogens (tertiary/aromatic N) is 2. The molecule has 1 fully saturated rings. The first-order chi connectivity index (χ1) is 6.66. The molecule has 3 unspecified atom stereocenters. The summed E-state index contributed by atoms with van der Waals surface area (Å²) >= 11 is 1.92. The van der Waals surface area contributed by atoms with Crippen molar-refractivity contribution in [3.05, 3.63) is 12.4 Å². The van der Waals surface area contributed by atoms with Gasteiger partial charge in [0.05, 0.1) is 6.20 Å². The molecule has 78 valence electrons. The highest BCUT2D eigenvalue weighted by molar-refractivity contribution is 8.00. The van der Waals surface area contributed by atoms with E-state index in [2.05, 4.69) is 18.2 Å². The third-order valence-corrected chi connectivity index (χ3v) is 4.47. The van der Waals surface area contributed by atoms with Crippen LogP contribution in [0.5, 0.6) is 0 Å². The quantitative estimate of drug-likeness (QED) is 0.808. The van der Waals surface area contributed by atoms with Gasteiger partial charge in [0, 0.05) is 29.4 Å². The lowest BCUT2D eigenvalue weighted by Crippen LogP contribution is -2.25. The van der Waals surface area contributed by atoms with Crippen LogP contribution < -0.4 is 5.73 Å².